The fourth-order valence-electron chi connectivity index (χ4n) is 2.18. The van der Waals surface area contributed by atoms with Crippen molar-refractivity contribution in [1.82, 2.24) is 19.6 Å². The van der Waals surface area contributed by atoms with Crippen molar-refractivity contribution in [3.05, 3.63) is 36.2 Å². The van der Waals surface area contributed by atoms with Crippen LogP contribution in [0.1, 0.15) is 12.5 Å². The van der Waals surface area contributed by atoms with Gasteiger partial charge in [-0.25, -0.2) is 14.5 Å². The van der Waals surface area contributed by atoms with Gasteiger partial charge in [0.05, 0.1) is 23.5 Å². The lowest BCUT2D eigenvalue weighted by atomic mass is 10.1. The second-order valence-corrected chi connectivity index (χ2v) is 5.58. The van der Waals surface area contributed by atoms with Crippen LogP contribution in [0.15, 0.2) is 30.6 Å². The van der Waals surface area contributed by atoms with Gasteiger partial charge in [-0.05, 0) is 25.1 Å². The molecule has 5 N–H and O–H groups in total. The molecule has 1 amide bonds. The normalized spacial score (nSPS) is 13.0. The van der Waals surface area contributed by atoms with Crippen LogP contribution in [0.5, 0.6) is 0 Å². The maximum absolute atomic E-state index is 13.0. The Morgan fingerprint density at radius 3 is 2.73 bits per heavy atom. The van der Waals surface area contributed by atoms with E-state index in [0.717, 1.165) is 6.07 Å². The molecule has 0 bridgehead atoms. The van der Waals surface area contributed by atoms with Crippen molar-refractivity contribution >= 4 is 23.2 Å². The van der Waals surface area contributed by atoms with E-state index >= 15 is 0 Å². The van der Waals surface area contributed by atoms with Crippen molar-refractivity contribution in [2.24, 2.45) is 5.73 Å². The first-order chi connectivity index (χ1) is 12.1. The van der Waals surface area contributed by atoms with Crippen LogP contribution in [0.25, 0.3) is 16.9 Å². The molecule has 1 atom stereocenters. The van der Waals surface area contributed by atoms with E-state index in [9.17, 15) is 18.0 Å². The molecular formula is C15H14F3N7O. The van der Waals surface area contributed by atoms with Gasteiger partial charge < -0.3 is 16.8 Å². The predicted octanol–water partition coefficient (Wildman–Crippen LogP) is 1.68. The number of fused-ring (bicyclic) bond motifs is 1. The number of nitrogen functional groups attached to an aromatic ring is 1. The minimum atomic E-state index is -4.62. The average Bonchev–Trinajstić information content (AvgIpc) is 2.95. The van der Waals surface area contributed by atoms with Gasteiger partial charge in [-0.2, -0.15) is 18.3 Å². The molecule has 8 nitrogen and oxygen atoms in total. The smallest absolute Gasteiger partial charge is 0.383 e. The highest BCUT2D eigenvalue weighted by molar-refractivity contribution is 5.93. The molecule has 0 aromatic carbocycles. The average molecular weight is 365 g/mol. The zero-order valence-corrected chi connectivity index (χ0v) is 13.4. The SMILES string of the molecule is C[C@H](N)C(=O)Nc1cn2nc(-c3cnc(N)c(C(F)(F)F)c3)ccc2n1. The van der Waals surface area contributed by atoms with E-state index in [1.54, 1.807) is 6.07 Å². The number of halogens is 3. The highest BCUT2D eigenvalue weighted by Crippen LogP contribution is 2.34. The third kappa shape index (κ3) is 3.42. The van der Waals surface area contributed by atoms with Gasteiger partial charge >= 0.3 is 6.18 Å². The molecule has 11 heteroatoms. The van der Waals surface area contributed by atoms with Crippen molar-refractivity contribution in [3.8, 4) is 11.3 Å². The van der Waals surface area contributed by atoms with Crippen LogP contribution < -0.4 is 16.8 Å². The fraction of sp³-hybridized carbons (Fsp3) is 0.200. The second-order valence-electron chi connectivity index (χ2n) is 5.58. The molecule has 3 rings (SSSR count). The molecule has 0 aliphatic heterocycles. The lowest BCUT2D eigenvalue weighted by molar-refractivity contribution is -0.137. The molecule has 0 saturated carbocycles. The van der Waals surface area contributed by atoms with Gasteiger partial charge in [-0.1, -0.05) is 0 Å². The van der Waals surface area contributed by atoms with E-state index < -0.39 is 29.5 Å². The predicted molar refractivity (Wildman–Crippen MR) is 87.9 cm³/mol. The van der Waals surface area contributed by atoms with Crippen molar-refractivity contribution < 1.29 is 18.0 Å². The number of carbonyl (C=O) groups excluding carboxylic acids is 1. The highest BCUT2D eigenvalue weighted by atomic mass is 19.4. The van der Waals surface area contributed by atoms with E-state index in [2.05, 4.69) is 20.4 Å². The summed E-state index contributed by atoms with van der Waals surface area (Å²) in [6, 6.07) is 3.21. The zero-order chi connectivity index (χ0) is 19.1. The molecule has 0 aliphatic carbocycles. The number of alkyl halides is 3. The lowest BCUT2D eigenvalue weighted by Crippen LogP contribution is -2.32. The maximum atomic E-state index is 13.0. The van der Waals surface area contributed by atoms with Gasteiger partial charge in [0.2, 0.25) is 5.91 Å². The Morgan fingerprint density at radius 1 is 1.35 bits per heavy atom. The number of hydrogen-bond acceptors (Lipinski definition) is 6. The molecule has 26 heavy (non-hydrogen) atoms. The number of rotatable bonds is 3. The van der Waals surface area contributed by atoms with Gasteiger partial charge in [0.1, 0.15) is 5.82 Å². The molecule has 0 spiro atoms. The van der Waals surface area contributed by atoms with Crippen LogP contribution in [0.3, 0.4) is 0 Å². The number of anilines is 2. The third-order valence-corrected chi connectivity index (χ3v) is 3.50. The number of nitrogens with two attached hydrogens (primary N) is 2. The molecule has 136 valence electrons. The topological polar surface area (TPSA) is 124 Å². The number of nitrogens with zero attached hydrogens (tertiary/aromatic N) is 4. The summed E-state index contributed by atoms with van der Waals surface area (Å²) in [6.45, 7) is 1.52. The minimum absolute atomic E-state index is 0.142. The summed E-state index contributed by atoms with van der Waals surface area (Å²) in [6.07, 6.45) is -1.99. The van der Waals surface area contributed by atoms with Crippen molar-refractivity contribution in [2.45, 2.75) is 19.1 Å². The second kappa shape index (κ2) is 6.26. The Balaban J connectivity index is 1.98. The Bertz CT molecular complexity index is 981. The molecule has 3 aromatic rings. The van der Waals surface area contributed by atoms with Crippen LogP contribution >= 0.6 is 0 Å². The summed E-state index contributed by atoms with van der Waals surface area (Å²) >= 11 is 0. The van der Waals surface area contributed by atoms with Crippen LogP contribution in [0.2, 0.25) is 0 Å². The first-order valence-electron chi connectivity index (χ1n) is 7.41. The molecule has 0 radical (unpaired) electrons. The summed E-state index contributed by atoms with van der Waals surface area (Å²) in [7, 11) is 0. The summed E-state index contributed by atoms with van der Waals surface area (Å²) in [5.41, 5.74) is 10.5. The minimum Gasteiger partial charge on any atom is -0.383 e. The molecule has 3 aromatic heterocycles. The number of imidazole rings is 1. The van der Waals surface area contributed by atoms with Gasteiger partial charge in [0.25, 0.3) is 0 Å². The Kier molecular flexibility index (Phi) is 4.24. The van der Waals surface area contributed by atoms with E-state index in [0.29, 0.717) is 5.65 Å². The van der Waals surface area contributed by atoms with E-state index in [4.69, 9.17) is 11.5 Å². The summed E-state index contributed by atoms with van der Waals surface area (Å²) in [4.78, 5) is 19.3. The number of carbonyl (C=O) groups is 1. The quantitative estimate of drug-likeness (QED) is 0.649. The van der Waals surface area contributed by atoms with Crippen molar-refractivity contribution in [2.75, 3.05) is 11.1 Å². The number of pyridine rings is 1. The van der Waals surface area contributed by atoms with E-state index in [1.807, 2.05) is 0 Å². The number of amides is 1. The van der Waals surface area contributed by atoms with Gasteiger partial charge in [0.15, 0.2) is 11.5 Å². The van der Waals surface area contributed by atoms with Gasteiger partial charge in [0, 0.05) is 11.8 Å². The highest BCUT2D eigenvalue weighted by Gasteiger charge is 2.34. The summed E-state index contributed by atoms with van der Waals surface area (Å²) in [5.74, 6) is -0.805. The van der Waals surface area contributed by atoms with Crippen LogP contribution in [0.4, 0.5) is 24.8 Å². The van der Waals surface area contributed by atoms with Crippen LogP contribution in [0, 0.1) is 0 Å². The van der Waals surface area contributed by atoms with E-state index in [-0.39, 0.29) is 17.1 Å². The Morgan fingerprint density at radius 2 is 2.08 bits per heavy atom. The number of aromatic nitrogens is 4. The molecular weight excluding hydrogens is 351 g/mol. The molecule has 0 aliphatic rings. The summed E-state index contributed by atoms with van der Waals surface area (Å²) < 4.78 is 40.3. The Labute approximate surface area is 145 Å². The van der Waals surface area contributed by atoms with Gasteiger partial charge in [-0.3, -0.25) is 4.79 Å². The first kappa shape index (κ1) is 17.6. The molecule has 3 heterocycles. The monoisotopic (exact) mass is 365 g/mol. The number of nitrogens with one attached hydrogen (secondary N) is 1. The molecule has 0 fully saturated rings. The molecule has 0 saturated heterocycles. The first-order valence-corrected chi connectivity index (χ1v) is 7.41. The zero-order valence-electron chi connectivity index (χ0n) is 13.4. The van der Waals surface area contributed by atoms with Gasteiger partial charge in [-0.15, -0.1) is 0 Å². The van der Waals surface area contributed by atoms with Crippen LogP contribution in [-0.2, 0) is 11.0 Å². The summed E-state index contributed by atoms with van der Waals surface area (Å²) in [5, 5.41) is 6.71. The third-order valence-electron chi connectivity index (χ3n) is 3.50. The van der Waals surface area contributed by atoms with Crippen LogP contribution in [-0.4, -0.2) is 31.5 Å². The standard InChI is InChI=1S/C15H14F3N7O/c1-7(19)14(26)23-11-6-25-12(22-11)3-2-10(24-25)8-4-9(15(16,17)18)13(20)21-5-8/h2-7H,19H2,1H3,(H2,20,21)(H,23,26)/t7-/m0/s1. The lowest BCUT2D eigenvalue weighted by Gasteiger charge is -2.10. The number of hydrogen-bond donors (Lipinski definition) is 3. The van der Waals surface area contributed by atoms with Crippen molar-refractivity contribution in [3.63, 3.8) is 0 Å². The molecule has 0 unspecified atom stereocenters. The van der Waals surface area contributed by atoms with Crippen molar-refractivity contribution in [1.29, 1.82) is 0 Å². The fourth-order valence-corrected chi connectivity index (χ4v) is 2.18. The van der Waals surface area contributed by atoms with E-state index in [1.165, 1.54) is 29.9 Å². The maximum Gasteiger partial charge on any atom is 0.419 e. The Hall–Kier alpha value is -3.21. The largest absolute Gasteiger partial charge is 0.419 e.